The second-order valence-electron chi connectivity index (χ2n) is 5.27. The van der Waals surface area contributed by atoms with E-state index >= 15 is 0 Å². The van der Waals surface area contributed by atoms with Crippen LogP contribution in [0.15, 0.2) is 36.8 Å². The SMILES string of the molecule is Cc1cccc(-n2ncc3c(NC4CC4)ncnc32)c1. The van der Waals surface area contributed by atoms with Gasteiger partial charge < -0.3 is 5.32 Å². The maximum absolute atomic E-state index is 4.47. The Labute approximate surface area is 116 Å². The zero-order valence-electron chi connectivity index (χ0n) is 11.2. The largest absolute Gasteiger partial charge is 0.367 e. The van der Waals surface area contributed by atoms with Crippen molar-refractivity contribution < 1.29 is 0 Å². The summed E-state index contributed by atoms with van der Waals surface area (Å²) in [4.78, 5) is 8.72. The zero-order chi connectivity index (χ0) is 13.5. The van der Waals surface area contributed by atoms with Crippen LogP contribution < -0.4 is 5.32 Å². The molecule has 0 aliphatic heterocycles. The van der Waals surface area contributed by atoms with Crippen molar-refractivity contribution in [2.45, 2.75) is 25.8 Å². The van der Waals surface area contributed by atoms with Gasteiger partial charge in [-0.25, -0.2) is 14.6 Å². The first-order valence-electron chi connectivity index (χ1n) is 6.83. The summed E-state index contributed by atoms with van der Waals surface area (Å²) in [7, 11) is 0. The van der Waals surface area contributed by atoms with E-state index in [9.17, 15) is 0 Å². The van der Waals surface area contributed by atoms with E-state index in [1.807, 2.05) is 23.0 Å². The monoisotopic (exact) mass is 265 g/mol. The van der Waals surface area contributed by atoms with Crippen LogP contribution in [0.2, 0.25) is 0 Å². The zero-order valence-corrected chi connectivity index (χ0v) is 11.2. The lowest BCUT2D eigenvalue weighted by molar-refractivity contribution is 0.893. The van der Waals surface area contributed by atoms with E-state index in [1.54, 1.807) is 6.33 Å². The van der Waals surface area contributed by atoms with E-state index in [2.05, 4.69) is 39.4 Å². The van der Waals surface area contributed by atoms with Crippen LogP contribution >= 0.6 is 0 Å². The number of hydrogen-bond donors (Lipinski definition) is 1. The van der Waals surface area contributed by atoms with Gasteiger partial charge >= 0.3 is 0 Å². The number of anilines is 1. The minimum absolute atomic E-state index is 0.565. The maximum Gasteiger partial charge on any atom is 0.168 e. The average molecular weight is 265 g/mol. The molecule has 0 amide bonds. The highest BCUT2D eigenvalue weighted by Gasteiger charge is 2.23. The summed E-state index contributed by atoms with van der Waals surface area (Å²) < 4.78 is 1.86. The number of aryl methyl sites for hydroxylation is 1. The van der Waals surface area contributed by atoms with Gasteiger partial charge in [-0.1, -0.05) is 12.1 Å². The normalized spacial score (nSPS) is 14.7. The minimum Gasteiger partial charge on any atom is -0.367 e. The summed E-state index contributed by atoms with van der Waals surface area (Å²) in [5.74, 6) is 0.886. The molecular weight excluding hydrogens is 250 g/mol. The van der Waals surface area contributed by atoms with Gasteiger partial charge in [-0.3, -0.25) is 0 Å². The van der Waals surface area contributed by atoms with Gasteiger partial charge in [0.2, 0.25) is 0 Å². The first-order chi connectivity index (χ1) is 9.81. The molecule has 0 unspecified atom stereocenters. The first-order valence-corrected chi connectivity index (χ1v) is 6.83. The van der Waals surface area contributed by atoms with Crippen LogP contribution in [-0.2, 0) is 0 Å². The molecule has 0 radical (unpaired) electrons. The van der Waals surface area contributed by atoms with Crippen LogP contribution in [0.4, 0.5) is 5.82 Å². The molecule has 1 aliphatic carbocycles. The minimum atomic E-state index is 0.565. The molecule has 1 fully saturated rings. The van der Waals surface area contributed by atoms with Crippen molar-refractivity contribution in [1.29, 1.82) is 0 Å². The number of hydrogen-bond acceptors (Lipinski definition) is 4. The van der Waals surface area contributed by atoms with Gasteiger partial charge in [-0.2, -0.15) is 5.10 Å². The fourth-order valence-electron chi connectivity index (χ4n) is 2.33. The van der Waals surface area contributed by atoms with E-state index in [0.29, 0.717) is 6.04 Å². The Morgan fingerprint density at radius 3 is 2.95 bits per heavy atom. The molecule has 0 spiro atoms. The van der Waals surface area contributed by atoms with Crippen molar-refractivity contribution in [2.24, 2.45) is 0 Å². The molecule has 5 nitrogen and oxygen atoms in total. The van der Waals surface area contributed by atoms with Crippen molar-refractivity contribution in [3.8, 4) is 5.69 Å². The number of benzene rings is 1. The van der Waals surface area contributed by atoms with Gasteiger partial charge in [0.05, 0.1) is 17.3 Å². The van der Waals surface area contributed by atoms with E-state index in [1.165, 1.54) is 18.4 Å². The molecule has 100 valence electrons. The molecule has 5 heteroatoms. The summed E-state index contributed by atoms with van der Waals surface area (Å²) in [6, 6.07) is 8.81. The Morgan fingerprint density at radius 2 is 2.15 bits per heavy atom. The molecule has 1 aromatic carbocycles. The number of aromatic nitrogens is 4. The molecule has 1 saturated carbocycles. The number of fused-ring (bicyclic) bond motifs is 1. The van der Waals surface area contributed by atoms with E-state index in [0.717, 1.165) is 22.5 Å². The number of nitrogens with zero attached hydrogens (tertiary/aromatic N) is 4. The van der Waals surface area contributed by atoms with Crippen molar-refractivity contribution >= 4 is 16.9 Å². The lowest BCUT2D eigenvalue weighted by Crippen LogP contribution is -2.04. The van der Waals surface area contributed by atoms with Crippen LogP contribution in [0, 0.1) is 6.92 Å². The lowest BCUT2D eigenvalue weighted by Gasteiger charge is -2.06. The summed E-state index contributed by atoms with van der Waals surface area (Å²) in [5.41, 5.74) is 3.07. The van der Waals surface area contributed by atoms with Gasteiger partial charge in [-0.15, -0.1) is 0 Å². The van der Waals surface area contributed by atoms with Crippen LogP contribution in [0.3, 0.4) is 0 Å². The number of nitrogens with one attached hydrogen (secondary N) is 1. The molecule has 3 aromatic rings. The van der Waals surface area contributed by atoms with Crippen LogP contribution in [-0.4, -0.2) is 25.8 Å². The molecule has 4 rings (SSSR count). The first kappa shape index (κ1) is 11.4. The third-order valence-electron chi connectivity index (χ3n) is 3.53. The van der Waals surface area contributed by atoms with Crippen LogP contribution in [0.5, 0.6) is 0 Å². The Bertz CT molecular complexity index is 773. The highest BCUT2D eigenvalue weighted by atomic mass is 15.3. The molecule has 20 heavy (non-hydrogen) atoms. The quantitative estimate of drug-likeness (QED) is 0.791. The van der Waals surface area contributed by atoms with Crippen molar-refractivity contribution in [2.75, 3.05) is 5.32 Å². The predicted octanol–water partition coefficient (Wildman–Crippen LogP) is 2.70. The Kier molecular flexibility index (Phi) is 2.45. The van der Waals surface area contributed by atoms with Gasteiger partial charge in [0, 0.05) is 6.04 Å². The van der Waals surface area contributed by atoms with Gasteiger partial charge in [-0.05, 0) is 37.5 Å². The number of rotatable bonds is 3. The fourth-order valence-corrected chi connectivity index (χ4v) is 2.33. The summed E-state index contributed by atoms with van der Waals surface area (Å²) in [5, 5.41) is 8.87. The summed E-state index contributed by atoms with van der Waals surface area (Å²) >= 11 is 0. The Morgan fingerprint density at radius 1 is 1.25 bits per heavy atom. The van der Waals surface area contributed by atoms with Gasteiger partial charge in [0.15, 0.2) is 5.65 Å². The molecular formula is C15H15N5. The molecule has 1 aliphatic rings. The van der Waals surface area contributed by atoms with Crippen molar-refractivity contribution in [3.63, 3.8) is 0 Å². The lowest BCUT2D eigenvalue weighted by atomic mass is 10.2. The van der Waals surface area contributed by atoms with Gasteiger partial charge in [0.1, 0.15) is 12.1 Å². The standard InChI is InChI=1S/C15H15N5/c1-10-3-2-4-12(7-10)20-15-13(8-18-20)14(16-9-17-15)19-11-5-6-11/h2-4,7-9,11H,5-6H2,1H3,(H,16,17,19). The molecule has 0 atom stereocenters. The van der Waals surface area contributed by atoms with Gasteiger partial charge in [0.25, 0.3) is 0 Å². The van der Waals surface area contributed by atoms with Crippen LogP contribution in [0.25, 0.3) is 16.7 Å². The topological polar surface area (TPSA) is 55.6 Å². The maximum atomic E-state index is 4.47. The van der Waals surface area contributed by atoms with Crippen molar-refractivity contribution in [3.05, 3.63) is 42.4 Å². The third kappa shape index (κ3) is 1.91. The Hall–Kier alpha value is -2.43. The second kappa shape index (κ2) is 4.30. The molecule has 0 saturated heterocycles. The van der Waals surface area contributed by atoms with E-state index < -0.39 is 0 Å². The molecule has 2 heterocycles. The highest BCUT2D eigenvalue weighted by molar-refractivity contribution is 5.87. The average Bonchev–Trinajstić information content (AvgIpc) is 3.15. The van der Waals surface area contributed by atoms with Crippen molar-refractivity contribution in [1.82, 2.24) is 19.7 Å². The summed E-state index contributed by atoms with van der Waals surface area (Å²) in [6.07, 6.45) is 5.87. The second-order valence-corrected chi connectivity index (χ2v) is 5.27. The molecule has 0 bridgehead atoms. The summed E-state index contributed by atoms with van der Waals surface area (Å²) in [6.45, 7) is 2.07. The van der Waals surface area contributed by atoms with E-state index in [-0.39, 0.29) is 0 Å². The fraction of sp³-hybridized carbons (Fsp3) is 0.267. The smallest absolute Gasteiger partial charge is 0.168 e. The molecule has 2 aromatic heterocycles. The third-order valence-corrected chi connectivity index (χ3v) is 3.53. The van der Waals surface area contributed by atoms with Crippen LogP contribution in [0.1, 0.15) is 18.4 Å². The highest BCUT2D eigenvalue weighted by Crippen LogP contribution is 2.28. The van der Waals surface area contributed by atoms with E-state index in [4.69, 9.17) is 0 Å². The molecule has 1 N–H and O–H groups in total. The predicted molar refractivity (Wildman–Crippen MR) is 78.0 cm³/mol. The Balaban J connectivity index is 1.84.